The van der Waals surface area contributed by atoms with E-state index in [4.69, 9.17) is 14.2 Å². The summed E-state index contributed by atoms with van der Waals surface area (Å²) < 4.78 is 53.4. The van der Waals surface area contributed by atoms with E-state index in [1.165, 1.54) is 6.92 Å². The number of hydrogen-bond donors (Lipinski definition) is 0. The van der Waals surface area contributed by atoms with Crippen LogP contribution in [0.3, 0.4) is 0 Å². The largest absolute Gasteiger partial charge is 0.466 e. The molecule has 2 bridgehead atoms. The van der Waals surface area contributed by atoms with E-state index < -0.39 is 29.8 Å². The first-order valence-corrected chi connectivity index (χ1v) is 7.42. The molecule has 1 aliphatic heterocycles. The highest BCUT2D eigenvalue weighted by molar-refractivity contribution is 5.89. The summed E-state index contributed by atoms with van der Waals surface area (Å²) in [6, 6.07) is 0. The fraction of sp³-hybridized carbons (Fsp3) is 0.733. The molecule has 2 aliphatic carbocycles. The second-order valence-corrected chi connectivity index (χ2v) is 6.34. The molecule has 0 spiro atoms. The highest BCUT2D eigenvalue weighted by Crippen LogP contribution is 2.58. The third-order valence-corrected chi connectivity index (χ3v) is 5.15. The van der Waals surface area contributed by atoms with Crippen LogP contribution in [-0.2, 0) is 23.8 Å². The summed E-state index contributed by atoms with van der Waals surface area (Å²) in [7, 11) is 0. The summed E-state index contributed by atoms with van der Waals surface area (Å²) in [6.07, 6.45) is -5.22. The minimum atomic E-state index is -4.81. The predicted octanol–water partition coefficient (Wildman–Crippen LogP) is 1.86. The zero-order chi connectivity index (χ0) is 16.9. The summed E-state index contributed by atoms with van der Waals surface area (Å²) in [4.78, 5) is 22.7. The molecule has 1 saturated heterocycles. The van der Waals surface area contributed by atoms with Crippen LogP contribution in [0.15, 0.2) is 12.2 Å². The number of hydrogen-bond acceptors (Lipinski definition) is 5. The van der Waals surface area contributed by atoms with Crippen molar-refractivity contribution in [3.05, 3.63) is 12.2 Å². The first-order chi connectivity index (χ1) is 10.7. The molecule has 3 aliphatic rings. The molecule has 3 fully saturated rings. The van der Waals surface area contributed by atoms with Crippen LogP contribution < -0.4 is 0 Å². The number of carbonyl (C=O) groups is 2. The Morgan fingerprint density at radius 1 is 1.26 bits per heavy atom. The van der Waals surface area contributed by atoms with Gasteiger partial charge in [-0.1, -0.05) is 6.58 Å². The number of rotatable bonds is 4. The number of fused-ring (bicyclic) bond motifs is 1. The molecule has 1 heterocycles. The molecule has 6 atom stereocenters. The van der Waals surface area contributed by atoms with Crippen molar-refractivity contribution in [1.82, 2.24) is 0 Å². The van der Waals surface area contributed by atoms with E-state index in [-0.39, 0.29) is 36.4 Å². The highest BCUT2D eigenvalue weighted by Gasteiger charge is 2.64. The van der Waals surface area contributed by atoms with Crippen molar-refractivity contribution in [3.8, 4) is 0 Å². The molecule has 3 rings (SSSR count). The summed E-state index contributed by atoms with van der Waals surface area (Å²) >= 11 is 0. The molecule has 0 aromatic carbocycles. The number of carbonyl (C=O) groups excluding carboxylic acids is 2. The van der Waals surface area contributed by atoms with E-state index in [1.54, 1.807) is 0 Å². The maximum absolute atomic E-state index is 12.5. The molecule has 0 aromatic heterocycles. The Bertz CT molecular complexity index is 544. The Labute approximate surface area is 130 Å². The van der Waals surface area contributed by atoms with Crippen LogP contribution in [0.4, 0.5) is 13.2 Å². The topological polar surface area (TPSA) is 61.8 Å². The molecule has 23 heavy (non-hydrogen) atoms. The maximum atomic E-state index is 12.5. The Balaban J connectivity index is 1.70. The summed E-state index contributed by atoms with van der Waals surface area (Å²) in [5.74, 6) is -1.75. The quantitative estimate of drug-likeness (QED) is 0.580. The lowest BCUT2D eigenvalue weighted by atomic mass is 9.79. The van der Waals surface area contributed by atoms with Crippen molar-refractivity contribution in [1.29, 1.82) is 0 Å². The van der Waals surface area contributed by atoms with Crippen molar-refractivity contribution in [2.24, 2.45) is 23.7 Å². The first kappa shape index (κ1) is 16.3. The molecule has 6 unspecified atom stereocenters. The summed E-state index contributed by atoms with van der Waals surface area (Å²) in [5, 5.41) is 0. The molecule has 0 amide bonds. The molecular formula is C15H17F3O5. The van der Waals surface area contributed by atoms with Crippen molar-refractivity contribution in [3.63, 3.8) is 0 Å². The van der Waals surface area contributed by atoms with Crippen LogP contribution in [0, 0.1) is 23.7 Å². The molecule has 0 radical (unpaired) electrons. The zero-order valence-corrected chi connectivity index (χ0v) is 12.5. The van der Waals surface area contributed by atoms with Crippen LogP contribution in [0.25, 0.3) is 0 Å². The fourth-order valence-corrected chi connectivity index (χ4v) is 4.16. The van der Waals surface area contributed by atoms with Crippen LogP contribution in [0.1, 0.15) is 13.3 Å². The van der Waals surface area contributed by atoms with Crippen LogP contribution >= 0.6 is 0 Å². The Morgan fingerprint density at radius 3 is 2.57 bits per heavy atom. The van der Waals surface area contributed by atoms with E-state index in [1.807, 2.05) is 0 Å². The van der Waals surface area contributed by atoms with E-state index in [0.717, 1.165) is 0 Å². The van der Waals surface area contributed by atoms with Gasteiger partial charge in [-0.3, -0.25) is 4.79 Å². The van der Waals surface area contributed by atoms with Gasteiger partial charge in [-0.25, -0.2) is 4.79 Å². The Hall–Kier alpha value is -1.57. The van der Waals surface area contributed by atoms with Gasteiger partial charge in [-0.2, -0.15) is 13.2 Å². The monoisotopic (exact) mass is 334 g/mol. The second kappa shape index (κ2) is 5.51. The summed E-state index contributed by atoms with van der Waals surface area (Å²) in [5.41, 5.74) is -1.52. The van der Waals surface area contributed by atoms with Crippen molar-refractivity contribution < 1.29 is 37.0 Å². The SMILES string of the molecule is C=C(C(=O)OC1C2CC3C(COC31)C2COC(C)=O)C(F)(F)F. The first-order valence-electron chi connectivity index (χ1n) is 7.42. The lowest BCUT2D eigenvalue weighted by molar-refractivity contribution is -0.165. The molecule has 8 heteroatoms. The predicted molar refractivity (Wildman–Crippen MR) is 70.0 cm³/mol. The van der Waals surface area contributed by atoms with Gasteiger partial charge in [0.2, 0.25) is 0 Å². The lowest BCUT2D eigenvalue weighted by Crippen LogP contribution is -2.42. The third kappa shape index (κ3) is 2.73. The average Bonchev–Trinajstić information content (AvgIpc) is 3.05. The van der Waals surface area contributed by atoms with Gasteiger partial charge in [0, 0.05) is 18.8 Å². The Kier molecular flexibility index (Phi) is 3.90. The van der Waals surface area contributed by atoms with Crippen LogP contribution in [0.5, 0.6) is 0 Å². The molecular weight excluding hydrogens is 317 g/mol. The molecule has 0 aromatic rings. The average molecular weight is 334 g/mol. The fourth-order valence-electron chi connectivity index (χ4n) is 4.16. The molecule has 0 N–H and O–H groups in total. The number of halogens is 3. The number of esters is 2. The van der Waals surface area contributed by atoms with Gasteiger partial charge in [-0.15, -0.1) is 0 Å². The highest BCUT2D eigenvalue weighted by atomic mass is 19.4. The van der Waals surface area contributed by atoms with Gasteiger partial charge in [0.25, 0.3) is 0 Å². The van der Waals surface area contributed by atoms with Gasteiger partial charge >= 0.3 is 18.1 Å². The third-order valence-electron chi connectivity index (χ3n) is 5.15. The molecule has 128 valence electrons. The number of alkyl halides is 3. The van der Waals surface area contributed by atoms with Crippen LogP contribution in [0.2, 0.25) is 0 Å². The maximum Gasteiger partial charge on any atom is 0.422 e. The van der Waals surface area contributed by atoms with Gasteiger partial charge in [0.15, 0.2) is 0 Å². The van der Waals surface area contributed by atoms with Gasteiger partial charge in [-0.05, 0) is 18.3 Å². The van der Waals surface area contributed by atoms with E-state index in [9.17, 15) is 22.8 Å². The Morgan fingerprint density at radius 2 is 1.96 bits per heavy atom. The van der Waals surface area contributed by atoms with Crippen molar-refractivity contribution in [2.75, 3.05) is 13.2 Å². The summed E-state index contributed by atoms with van der Waals surface area (Å²) in [6.45, 7) is 4.68. The number of ether oxygens (including phenoxy) is 3. The molecule has 2 saturated carbocycles. The standard InChI is InChI=1S/C15H17F3O5/c1-6(15(16,17)18)14(20)23-13-9-3-8-11(5-22-12(8)13)10(9)4-21-7(2)19/h8-13H,1,3-5H2,2H3. The van der Waals surface area contributed by atoms with Gasteiger partial charge < -0.3 is 14.2 Å². The van der Waals surface area contributed by atoms with Crippen molar-refractivity contribution in [2.45, 2.75) is 31.7 Å². The minimum Gasteiger partial charge on any atom is -0.466 e. The van der Waals surface area contributed by atoms with E-state index in [0.29, 0.717) is 13.0 Å². The van der Waals surface area contributed by atoms with Crippen molar-refractivity contribution >= 4 is 11.9 Å². The van der Waals surface area contributed by atoms with Gasteiger partial charge in [0.1, 0.15) is 11.7 Å². The normalized spacial score (nSPS) is 37.7. The minimum absolute atomic E-state index is 0.0559. The van der Waals surface area contributed by atoms with E-state index in [2.05, 4.69) is 6.58 Å². The van der Waals surface area contributed by atoms with Crippen LogP contribution in [-0.4, -0.2) is 43.5 Å². The zero-order valence-electron chi connectivity index (χ0n) is 12.5. The van der Waals surface area contributed by atoms with Gasteiger partial charge in [0.05, 0.1) is 19.3 Å². The smallest absolute Gasteiger partial charge is 0.422 e. The van der Waals surface area contributed by atoms with E-state index >= 15 is 0 Å². The lowest BCUT2D eigenvalue weighted by Gasteiger charge is -2.32. The molecule has 5 nitrogen and oxygen atoms in total. The second-order valence-electron chi connectivity index (χ2n) is 6.34.